The summed E-state index contributed by atoms with van der Waals surface area (Å²) >= 11 is 0. The minimum Gasteiger partial charge on any atom is -0.493 e. The molecule has 1 unspecified atom stereocenters. The normalized spacial score (nSPS) is 14.6. The molecule has 1 heterocycles. The first-order valence-corrected chi connectivity index (χ1v) is 20.6. The van der Waals surface area contributed by atoms with Gasteiger partial charge in [0.15, 0.2) is 0 Å². The van der Waals surface area contributed by atoms with Crippen LogP contribution < -0.4 is 20.4 Å². The minimum absolute atomic E-state index is 0.0973. The second kappa shape index (κ2) is 18.2. The van der Waals surface area contributed by atoms with Crippen molar-refractivity contribution in [1.29, 1.82) is 0 Å². The molecule has 3 rings (SSSR count). The Bertz CT molecular complexity index is 2000. The van der Waals surface area contributed by atoms with Crippen molar-refractivity contribution in [2.45, 2.75) is 95.6 Å². The molecule has 0 fully saturated rings. The van der Waals surface area contributed by atoms with Crippen molar-refractivity contribution in [3.8, 4) is 11.5 Å². The summed E-state index contributed by atoms with van der Waals surface area (Å²) in [7, 11) is -9.80. The monoisotopic (exact) mass is 808 g/mol. The van der Waals surface area contributed by atoms with Crippen molar-refractivity contribution in [3.63, 3.8) is 0 Å². The topological polar surface area (TPSA) is 216 Å². The predicted molar refractivity (Wildman–Crippen MR) is 206 cm³/mol. The van der Waals surface area contributed by atoms with Gasteiger partial charge < -0.3 is 34.7 Å². The number of nitrogens with zero attached hydrogens (tertiary/aromatic N) is 3. The number of rotatable bonds is 16. The third-order valence-electron chi connectivity index (χ3n) is 7.62. The smallest absolute Gasteiger partial charge is 0.493 e. The predicted octanol–water partition coefficient (Wildman–Crippen LogP) is 5.67. The molecule has 0 bridgehead atoms. The molecule has 0 saturated carbocycles. The van der Waals surface area contributed by atoms with Gasteiger partial charge in [-0.2, -0.15) is 21.6 Å². The first kappa shape index (κ1) is 44.6. The first-order chi connectivity index (χ1) is 25.5. The zero-order chi connectivity index (χ0) is 41.2. The van der Waals surface area contributed by atoms with Gasteiger partial charge in [-0.25, -0.2) is 4.79 Å². The lowest BCUT2D eigenvalue weighted by Crippen LogP contribution is -2.59. The fraction of sp³-hybridized carbons (Fsp3) is 0.486. The number of carbonyl (C=O) groups excluding carboxylic acids is 2. The molecule has 1 aliphatic rings. The van der Waals surface area contributed by atoms with Gasteiger partial charge in [-0.3, -0.25) is 4.90 Å². The fourth-order valence-corrected chi connectivity index (χ4v) is 8.98. The second-order valence-electron chi connectivity index (χ2n) is 14.7. The Kier molecular flexibility index (Phi) is 14.8. The van der Waals surface area contributed by atoms with Crippen LogP contribution in [0.4, 0.5) is 9.59 Å². The van der Waals surface area contributed by atoms with Crippen LogP contribution >= 0.6 is 0 Å². The summed E-state index contributed by atoms with van der Waals surface area (Å²) in [5.41, 5.74) is 9.54. The molecular formula is C37H54N5O11S2+. The highest BCUT2D eigenvalue weighted by molar-refractivity contribution is 7.90. The first-order valence-electron chi connectivity index (χ1n) is 17.7. The number of aryl methyl sites for hydroxylation is 1. The number of hydrogen-bond donors (Lipinski definition) is 2. The Morgan fingerprint density at radius 3 is 2.15 bits per heavy atom. The Morgan fingerprint density at radius 1 is 0.891 bits per heavy atom. The van der Waals surface area contributed by atoms with Crippen molar-refractivity contribution < 1.29 is 53.5 Å². The lowest BCUT2D eigenvalue weighted by molar-refractivity contribution is -0.733. The molecule has 2 amide bonds. The van der Waals surface area contributed by atoms with Gasteiger partial charge in [-0.1, -0.05) is 31.2 Å². The molecule has 0 spiro atoms. The zero-order valence-electron chi connectivity index (χ0n) is 32.7. The number of nitrogens with two attached hydrogens (primary N) is 2. The van der Waals surface area contributed by atoms with Crippen LogP contribution in [-0.2, 0) is 34.5 Å². The molecule has 16 nitrogen and oxygen atoms in total. The summed E-state index contributed by atoms with van der Waals surface area (Å²) in [6.07, 6.45) is 3.83. The molecular weight excluding hydrogens is 755 g/mol. The molecule has 4 N–H and O–H groups in total. The number of amides is 2. The van der Waals surface area contributed by atoms with Crippen LogP contribution in [0.5, 0.6) is 11.5 Å². The summed E-state index contributed by atoms with van der Waals surface area (Å²) < 4.78 is 79.5. The maximum absolute atomic E-state index is 15.1. The van der Waals surface area contributed by atoms with Crippen molar-refractivity contribution in [1.82, 2.24) is 4.90 Å². The number of oxime groups is 1. The second-order valence-corrected chi connectivity index (χ2v) is 18.3. The molecule has 0 aromatic heterocycles. The number of hydrogen-bond acceptors (Lipinski definition) is 12. The number of sulfonamides is 1. The lowest BCUT2D eigenvalue weighted by Gasteiger charge is -2.36. The quantitative estimate of drug-likeness (QED) is 0.0523. The summed E-state index contributed by atoms with van der Waals surface area (Å²) in [6, 6.07) is 9.38. The number of ether oxygens (including phenoxy) is 3. The Balaban J connectivity index is 2.06. The third-order valence-corrected chi connectivity index (χ3v) is 11.4. The number of benzene rings is 2. The van der Waals surface area contributed by atoms with Crippen molar-refractivity contribution in [2.75, 3.05) is 32.8 Å². The summed E-state index contributed by atoms with van der Waals surface area (Å²) in [5, 5.41) is 3.43. The van der Waals surface area contributed by atoms with E-state index >= 15 is 8.42 Å². The van der Waals surface area contributed by atoms with E-state index in [2.05, 4.69) is 5.16 Å². The van der Waals surface area contributed by atoms with E-state index in [0.717, 1.165) is 12.1 Å². The van der Waals surface area contributed by atoms with E-state index in [-0.39, 0.29) is 56.6 Å². The largest absolute Gasteiger partial charge is 0.532 e. The van der Waals surface area contributed by atoms with Gasteiger partial charge in [0, 0.05) is 31.1 Å². The third kappa shape index (κ3) is 12.3. The van der Waals surface area contributed by atoms with Crippen LogP contribution in [0, 0.1) is 6.92 Å². The highest BCUT2D eigenvalue weighted by Crippen LogP contribution is 2.35. The van der Waals surface area contributed by atoms with Crippen LogP contribution in [0.1, 0.15) is 73.3 Å². The van der Waals surface area contributed by atoms with Crippen LogP contribution in [0.15, 0.2) is 81.3 Å². The molecule has 2 aromatic carbocycles. The summed E-state index contributed by atoms with van der Waals surface area (Å²) in [4.78, 5) is 32.4. The summed E-state index contributed by atoms with van der Waals surface area (Å²) in [5.74, 6) is -0.0815. The van der Waals surface area contributed by atoms with Crippen LogP contribution in [0.3, 0.4) is 0 Å². The van der Waals surface area contributed by atoms with E-state index in [1.165, 1.54) is 29.2 Å². The van der Waals surface area contributed by atoms with Gasteiger partial charge in [0.2, 0.25) is 5.96 Å². The maximum Gasteiger partial charge on any atom is 0.532 e. The average molecular weight is 809 g/mol. The fourth-order valence-electron chi connectivity index (χ4n) is 5.42. The van der Waals surface area contributed by atoms with Gasteiger partial charge in [-0.15, -0.1) is 3.89 Å². The standard InChI is InChI=1S/C37H54N5O11S2/c1-9-20-42(35(44)52-37(6,7)8,21-18-28-15-12-13-19-41(28)34(43)51-36(3,4)5)54(45,46)31-16-10-11-17-32(31)55(47,48)53-30-25-27(2)24-29(26-30)49-22-14-23-50-40-33(38)39/h10-13,15-17,24-26H,9,14,18-23H2,1-8H3,(H4,38,39,40)/q+1. The van der Waals surface area contributed by atoms with Crippen molar-refractivity contribution in [2.24, 2.45) is 16.6 Å². The highest BCUT2D eigenvalue weighted by atomic mass is 32.2. The molecule has 0 aliphatic carbocycles. The van der Waals surface area contributed by atoms with E-state index in [1.807, 2.05) is 0 Å². The van der Waals surface area contributed by atoms with Gasteiger partial charge >= 0.3 is 32.3 Å². The highest BCUT2D eigenvalue weighted by Gasteiger charge is 2.54. The zero-order valence-corrected chi connectivity index (χ0v) is 34.4. The molecule has 304 valence electrons. The average Bonchev–Trinajstić information content (AvgIpc) is 3.06. The molecule has 1 atom stereocenters. The number of allylic oxidation sites excluding steroid dienone is 2. The van der Waals surface area contributed by atoms with E-state index in [0.29, 0.717) is 17.7 Å². The molecule has 2 aromatic rings. The number of quaternary nitrogens is 1. The SMILES string of the molecule is CCC[N+](CCC1=CC=CCN1C(=O)OC(C)(C)C)(C(=O)OC(C)(C)C)S(=O)(=O)c1ccccc1S(=O)(=O)Oc1cc(C)cc(OCCCON=C(N)N)c1. The van der Waals surface area contributed by atoms with Gasteiger partial charge in [0.1, 0.15) is 52.2 Å². The molecule has 55 heavy (non-hydrogen) atoms. The van der Waals surface area contributed by atoms with Crippen LogP contribution in [0.25, 0.3) is 0 Å². The minimum atomic E-state index is -4.95. The number of carbonyl (C=O) groups is 2. The Hall–Kier alpha value is -4.81. The van der Waals surface area contributed by atoms with E-state index in [9.17, 15) is 18.0 Å². The Labute approximate surface area is 324 Å². The van der Waals surface area contributed by atoms with Crippen LogP contribution in [-0.4, -0.2) is 87.8 Å². The summed E-state index contributed by atoms with van der Waals surface area (Å²) in [6.45, 7) is 13.2. The van der Waals surface area contributed by atoms with Gasteiger partial charge in [0.25, 0.3) is 0 Å². The lowest BCUT2D eigenvalue weighted by atomic mass is 10.2. The van der Waals surface area contributed by atoms with Gasteiger partial charge in [0.05, 0.1) is 6.61 Å². The van der Waals surface area contributed by atoms with E-state index < -0.39 is 63.8 Å². The van der Waals surface area contributed by atoms with Crippen molar-refractivity contribution >= 4 is 38.3 Å². The van der Waals surface area contributed by atoms with E-state index in [4.69, 9.17) is 34.7 Å². The van der Waals surface area contributed by atoms with Crippen molar-refractivity contribution in [3.05, 3.63) is 72.0 Å². The number of guanidine groups is 1. The van der Waals surface area contributed by atoms with Crippen LogP contribution in [0.2, 0.25) is 0 Å². The molecule has 18 heteroatoms. The molecule has 0 radical (unpaired) electrons. The molecule has 1 aliphatic heterocycles. The van der Waals surface area contributed by atoms with Gasteiger partial charge in [-0.05, 0) is 95.9 Å². The maximum atomic E-state index is 15.1. The Morgan fingerprint density at radius 2 is 1.53 bits per heavy atom. The van der Waals surface area contributed by atoms with E-state index in [1.54, 1.807) is 79.7 Å². The molecule has 0 saturated heterocycles.